The quantitative estimate of drug-likeness (QED) is 0.868. The van der Waals surface area contributed by atoms with Gasteiger partial charge in [-0.15, -0.1) is 0 Å². The van der Waals surface area contributed by atoms with E-state index in [1.165, 1.54) is 12.1 Å². The number of ether oxygens (including phenoxy) is 2. The Morgan fingerprint density at radius 2 is 2.20 bits per heavy atom. The first-order valence-electron chi connectivity index (χ1n) is 8.16. The fraction of sp³-hybridized carbons (Fsp3) is 0.316. The van der Waals surface area contributed by atoms with Crippen LogP contribution < -0.4 is 14.8 Å². The van der Waals surface area contributed by atoms with E-state index in [0.29, 0.717) is 6.61 Å². The number of hydrogen-bond donors (Lipinski definition) is 1. The average molecular weight is 364 g/mol. The van der Waals surface area contributed by atoms with E-state index >= 15 is 0 Å². The Morgan fingerprint density at radius 3 is 2.92 bits per heavy atom. The molecule has 0 saturated heterocycles. The van der Waals surface area contributed by atoms with Gasteiger partial charge in [0.05, 0.1) is 17.2 Å². The van der Waals surface area contributed by atoms with E-state index < -0.39 is 5.82 Å². The van der Waals surface area contributed by atoms with Crippen molar-refractivity contribution in [2.45, 2.75) is 32.9 Å². The molecule has 0 spiro atoms. The molecule has 1 atom stereocenters. The summed E-state index contributed by atoms with van der Waals surface area (Å²) in [7, 11) is 0. The lowest BCUT2D eigenvalue weighted by atomic mass is 10.1. The van der Waals surface area contributed by atoms with Gasteiger partial charge in [0.1, 0.15) is 23.4 Å². The van der Waals surface area contributed by atoms with Crippen LogP contribution in [0.3, 0.4) is 0 Å². The minimum absolute atomic E-state index is 0.0774. The molecule has 3 rings (SSSR count). The smallest absolute Gasteiger partial charge is 0.253 e. The molecule has 2 aromatic rings. The van der Waals surface area contributed by atoms with Gasteiger partial charge in [0.15, 0.2) is 0 Å². The SMILES string of the molecule is CCOc1cc2c(cc1CNC(=O)c1ccc(F)cc1Cl)O[C@@H](C)C2. The molecule has 0 aromatic heterocycles. The second kappa shape index (κ2) is 7.31. The number of carbonyl (C=O) groups is 1. The molecule has 0 aliphatic carbocycles. The van der Waals surface area contributed by atoms with Gasteiger partial charge < -0.3 is 14.8 Å². The molecule has 0 radical (unpaired) electrons. The maximum Gasteiger partial charge on any atom is 0.253 e. The summed E-state index contributed by atoms with van der Waals surface area (Å²) in [6.45, 7) is 4.71. The van der Waals surface area contributed by atoms with Crippen molar-refractivity contribution in [3.63, 3.8) is 0 Å². The molecule has 0 saturated carbocycles. The molecule has 1 aliphatic rings. The van der Waals surface area contributed by atoms with Crippen molar-refractivity contribution in [1.29, 1.82) is 0 Å². The van der Waals surface area contributed by atoms with Gasteiger partial charge >= 0.3 is 0 Å². The largest absolute Gasteiger partial charge is 0.494 e. The summed E-state index contributed by atoms with van der Waals surface area (Å²) in [6, 6.07) is 7.55. The molecule has 1 heterocycles. The highest BCUT2D eigenvalue weighted by molar-refractivity contribution is 6.33. The summed E-state index contributed by atoms with van der Waals surface area (Å²) in [6.07, 6.45) is 0.972. The first-order valence-corrected chi connectivity index (χ1v) is 8.54. The van der Waals surface area contributed by atoms with Crippen LogP contribution in [0.4, 0.5) is 4.39 Å². The standard InChI is InChI=1S/C19H19ClFNO3/c1-3-24-17-7-12-6-11(2)25-18(12)8-13(17)10-22-19(23)15-5-4-14(21)9-16(15)20/h4-5,7-9,11H,3,6,10H2,1-2H3,(H,22,23)/t11-/m0/s1. The predicted octanol–water partition coefficient (Wildman–Crippen LogP) is 4.13. The van der Waals surface area contributed by atoms with E-state index in [0.717, 1.165) is 35.1 Å². The summed E-state index contributed by atoms with van der Waals surface area (Å²) in [5.41, 5.74) is 2.15. The lowest BCUT2D eigenvalue weighted by Crippen LogP contribution is -2.23. The van der Waals surface area contributed by atoms with Gasteiger partial charge in [0.25, 0.3) is 5.91 Å². The number of nitrogens with one attached hydrogen (secondary N) is 1. The van der Waals surface area contributed by atoms with E-state index in [4.69, 9.17) is 21.1 Å². The van der Waals surface area contributed by atoms with Crippen LogP contribution in [0.1, 0.15) is 35.3 Å². The fourth-order valence-electron chi connectivity index (χ4n) is 2.85. The minimum atomic E-state index is -0.481. The van der Waals surface area contributed by atoms with Crippen LogP contribution in [0.5, 0.6) is 11.5 Å². The fourth-order valence-corrected chi connectivity index (χ4v) is 3.11. The molecule has 0 unspecified atom stereocenters. The molecule has 6 heteroatoms. The summed E-state index contributed by atoms with van der Waals surface area (Å²) in [5.74, 6) is 0.691. The molecule has 4 nitrogen and oxygen atoms in total. The molecule has 1 amide bonds. The van der Waals surface area contributed by atoms with Crippen molar-refractivity contribution in [3.05, 3.63) is 57.9 Å². The summed E-state index contributed by atoms with van der Waals surface area (Å²) in [5, 5.41) is 2.87. The monoisotopic (exact) mass is 363 g/mol. The lowest BCUT2D eigenvalue weighted by molar-refractivity contribution is 0.0950. The number of carbonyl (C=O) groups excluding carboxylic acids is 1. The van der Waals surface area contributed by atoms with Gasteiger partial charge in [-0.1, -0.05) is 11.6 Å². The van der Waals surface area contributed by atoms with Crippen molar-refractivity contribution in [1.82, 2.24) is 5.32 Å². The van der Waals surface area contributed by atoms with E-state index in [9.17, 15) is 9.18 Å². The van der Waals surface area contributed by atoms with Crippen molar-refractivity contribution in [3.8, 4) is 11.5 Å². The number of amides is 1. The van der Waals surface area contributed by atoms with Gasteiger partial charge in [-0.05, 0) is 44.2 Å². The third-order valence-electron chi connectivity index (χ3n) is 3.99. The number of fused-ring (bicyclic) bond motifs is 1. The van der Waals surface area contributed by atoms with Crippen molar-refractivity contribution in [2.24, 2.45) is 0 Å². The molecule has 0 bridgehead atoms. The maximum atomic E-state index is 13.1. The van der Waals surface area contributed by atoms with Crippen molar-refractivity contribution >= 4 is 17.5 Å². The Bertz CT molecular complexity index is 809. The van der Waals surface area contributed by atoms with Crippen LogP contribution in [0.15, 0.2) is 30.3 Å². The summed E-state index contributed by atoms with van der Waals surface area (Å²) < 4.78 is 24.6. The molecule has 1 N–H and O–H groups in total. The van der Waals surface area contributed by atoms with E-state index in [1.54, 1.807) is 0 Å². The number of benzene rings is 2. The highest BCUT2D eigenvalue weighted by Gasteiger charge is 2.22. The summed E-state index contributed by atoms with van der Waals surface area (Å²) in [4.78, 5) is 12.3. The van der Waals surface area contributed by atoms with Gasteiger partial charge in [0.2, 0.25) is 0 Å². The third-order valence-corrected chi connectivity index (χ3v) is 4.31. The lowest BCUT2D eigenvalue weighted by Gasteiger charge is -2.13. The normalized spacial score (nSPS) is 15.4. The number of rotatable bonds is 5. The Balaban J connectivity index is 1.78. The molecule has 2 aromatic carbocycles. The maximum absolute atomic E-state index is 13.1. The van der Waals surface area contributed by atoms with Crippen LogP contribution >= 0.6 is 11.6 Å². The van der Waals surface area contributed by atoms with Crippen molar-refractivity contribution in [2.75, 3.05) is 6.61 Å². The first kappa shape index (κ1) is 17.5. The molecular formula is C19H19ClFNO3. The zero-order chi connectivity index (χ0) is 18.0. The third kappa shape index (κ3) is 3.87. The molecule has 132 valence electrons. The van der Waals surface area contributed by atoms with Crippen molar-refractivity contribution < 1.29 is 18.7 Å². The topological polar surface area (TPSA) is 47.6 Å². The van der Waals surface area contributed by atoms with Crippen LogP contribution in [0.25, 0.3) is 0 Å². The molecule has 0 fully saturated rings. The second-order valence-corrected chi connectivity index (χ2v) is 6.35. The van der Waals surface area contributed by atoms with Gasteiger partial charge in [-0.25, -0.2) is 4.39 Å². The molecule has 1 aliphatic heterocycles. The van der Waals surface area contributed by atoms with Gasteiger partial charge in [-0.3, -0.25) is 4.79 Å². The Kier molecular flexibility index (Phi) is 5.13. The van der Waals surface area contributed by atoms with Crippen LogP contribution in [0, 0.1) is 5.82 Å². The molecular weight excluding hydrogens is 345 g/mol. The Labute approximate surface area is 150 Å². The Morgan fingerprint density at radius 1 is 1.40 bits per heavy atom. The summed E-state index contributed by atoms with van der Waals surface area (Å²) >= 11 is 5.93. The van der Waals surface area contributed by atoms with Crippen LogP contribution in [-0.2, 0) is 13.0 Å². The van der Waals surface area contributed by atoms with Crippen LogP contribution in [0.2, 0.25) is 5.02 Å². The first-order chi connectivity index (χ1) is 12.0. The van der Waals surface area contributed by atoms with E-state index in [-0.39, 0.29) is 29.1 Å². The minimum Gasteiger partial charge on any atom is -0.494 e. The highest BCUT2D eigenvalue weighted by atomic mass is 35.5. The zero-order valence-electron chi connectivity index (χ0n) is 14.1. The average Bonchev–Trinajstić information content (AvgIpc) is 2.91. The van der Waals surface area contributed by atoms with Gasteiger partial charge in [-0.2, -0.15) is 0 Å². The van der Waals surface area contributed by atoms with E-state index in [1.807, 2.05) is 26.0 Å². The second-order valence-electron chi connectivity index (χ2n) is 5.94. The van der Waals surface area contributed by atoms with Gasteiger partial charge in [0, 0.05) is 24.1 Å². The van der Waals surface area contributed by atoms with E-state index in [2.05, 4.69) is 5.32 Å². The highest BCUT2D eigenvalue weighted by Crippen LogP contribution is 2.35. The molecule has 25 heavy (non-hydrogen) atoms. The number of halogens is 2. The van der Waals surface area contributed by atoms with Crippen LogP contribution in [-0.4, -0.2) is 18.6 Å². The predicted molar refractivity (Wildman–Crippen MR) is 94.0 cm³/mol. The zero-order valence-corrected chi connectivity index (χ0v) is 14.8. The number of hydrogen-bond acceptors (Lipinski definition) is 3. The Hall–Kier alpha value is -2.27.